The molecule has 0 aromatic rings. The SMILES string of the molecule is CC=CC1=NOCC1. The first kappa shape index (κ1) is 5.35. The van der Waals surface area contributed by atoms with Crippen LogP contribution in [0.5, 0.6) is 0 Å². The summed E-state index contributed by atoms with van der Waals surface area (Å²) in [5.74, 6) is 0. The zero-order valence-corrected chi connectivity index (χ0v) is 4.92. The van der Waals surface area contributed by atoms with Crippen molar-refractivity contribution in [3.8, 4) is 0 Å². The van der Waals surface area contributed by atoms with Crippen molar-refractivity contribution in [1.82, 2.24) is 0 Å². The Morgan fingerprint density at radius 3 is 3.12 bits per heavy atom. The summed E-state index contributed by atoms with van der Waals surface area (Å²) in [6.45, 7) is 2.72. The summed E-state index contributed by atoms with van der Waals surface area (Å²) >= 11 is 0. The number of oxime groups is 1. The zero-order chi connectivity index (χ0) is 5.82. The van der Waals surface area contributed by atoms with Gasteiger partial charge in [0.1, 0.15) is 6.61 Å². The third-order valence-corrected chi connectivity index (χ3v) is 0.990. The molecular formula is C6H9NO. The molecule has 2 nitrogen and oxygen atoms in total. The van der Waals surface area contributed by atoms with Crippen LogP contribution in [0.1, 0.15) is 13.3 Å². The van der Waals surface area contributed by atoms with Gasteiger partial charge in [-0.2, -0.15) is 0 Å². The Morgan fingerprint density at radius 1 is 1.75 bits per heavy atom. The Kier molecular flexibility index (Phi) is 1.67. The summed E-state index contributed by atoms with van der Waals surface area (Å²) in [7, 11) is 0. The normalized spacial score (nSPS) is 18.9. The number of hydrogen-bond donors (Lipinski definition) is 0. The number of rotatable bonds is 1. The van der Waals surface area contributed by atoms with E-state index in [1.807, 2.05) is 19.1 Å². The van der Waals surface area contributed by atoms with Gasteiger partial charge in [-0.25, -0.2) is 0 Å². The largest absolute Gasteiger partial charge is 0.395 e. The van der Waals surface area contributed by atoms with E-state index in [9.17, 15) is 0 Å². The van der Waals surface area contributed by atoms with Crippen LogP contribution in [0, 0.1) is 0 Å². The molecule has 0 amide bonds. The highest BCUT2D eigenvalue weighted by Gasteiger charge is 2.01. The summed E-state index contributed by atoms with van der Waals surface area (Å²) < 4.78 is 0. The van der Waals surface area contributed by atoms with E-state index in [2.05, 4.69) is 5.16 Å². The predicted octanol–water partition coefficient (Wildman–Crippen LogP) is 1.34. The maximum atomic E-state index is 4.75. The minimum absolute atomic E-state index is 0.750. The molecule has 1 aliphatic rings. The molecule has 0 fully saturated rings. The van der Waals surface area contributed by atoms with Crippen molar-refractivity contribution >= 4 is 5.71 Å². The van der Waals surface area contributed by atoms with E-state index in [0.29, 0.717) is 0 Å². The molecule has 1 rings (SSSR count). The van der Waals surface area contributed by atoms with Gasteiger partial charge in [-0.05, 0) is 13.0 Å². The number of hydrogen-bond acceptors (Lipinski definition) is 2. The standard InChI is InChI=1S/C6H9NO/c1-2-3-6-4-5-8-7-6/h2-3H,4-5H2,1H3. The molecule has 0 atom stereocenters. The van der Waals surface area contributed by atoms with Crippen molar-refractivity contribution in [3.63, 3.8) is 0 Å². The molecule has 1 aliphatic heterocycles. The second kappa shape index (κ2) is 2.50. The summed E-state index contributed by atoms with van der Waals surface area (Å²) in [4.78, 5) is 4.75. The van der Waals surface area contributed by atoms with Gasteiger partial charge in [0.05, 0.1) is 5.71 Å². The van der Waals surface area contributed by atoms with Crippen LogP contribution >= 0.6 is 0 Å². The fraction of sp³-hybridized carbons (Fsp3) is 0.500. The summed E-state index contributed by atoms with van der Waals surface area (Å²) in [6, 6.07) is 0. The van der Waals surface area contributed by atoms with Crippen molar-refractivity contribution in [3.05, 3.63) is 12.2 Å². The molecule has 0 aromatic heterocycles. The van der Waals surface area contributed by atoms with E-state index in [1.165, 1.54) is 0 Å². The Hall–Kier alpha value is -0.790. The van der Waals surface area contributed by atoms with Gasteiger partial charge in [0.25, 0.3) is 0 Å². The maximum Gasteiger partial charge on any atom is 0.122 e. The van der Waals surface area contributed by atoms with Gasteiger partial charge in [0.2, 0.25) is 0 Å². The van der Waals surface area contributed by atoms with E-state index in [4.69, 9.17) is 4.84 Å². The lowest BCUT2D eigenvalue weighted by molar-refractivity contribution is 0.174. The Bertz CT molecular complexity index is 126. The summed E-state index contributed by atoms with van der Waals surface area (Å²) in [5, 5.41) is 3.76. The average Bonchev–Trinajstić information content (AvgIpc) is 2.19. The second-order valence-corrected chi connectivity index (χ2v) is 1.67. The van der Waals surface area contributed by atoms with Gasteiger partial charge in [-0.3, -0.25) is 0 Å². The van der Waals surface area contributed by atoms with Crippen LogP contribution in [0.25, 0.3) is 0 Å². The third-order valence-electron chi connectivity index (χ3n) is 0.990. The number of allylic oxidation sites excluding steroid dienone is 2. The van der Waals surface area contributed by atoms with Crippen LogP contribution < -0.4 is 0 Å². The fourth-order valence-electron chi connectivity index (χ4n) is 0.631. The van der Waals surface area contributed by atoms with Gasteiger partial charge in [0.15, 0.2) is 0 Å². The van der Waals surface area contributed by atoms with Crippen LogP contribution in [-0.2, 0) is 4.84 Å². The molecule has 0 bridgehead atoms. The van der Waals surface area contributed by atoms with Crippen LogP contribution in [0.4, 0.5) is 0 Å². The molecule has 2 heteroatoms. The lowest BCUT2D eigenvalue weighted by Crippen LogP contribution is -1.85. The molecule has 44 valence electrons. The zero-order valence-electron chi connectivity index (χ0n) is 4.92. The van der Waals surface area contributed by atoms with E-state index in [0.717, 1.165) is 18.7 Å². The number of nitrogens with zero attached hydrogens (tertiary/aromatic N) is 1. The molecule has 1 heterocycles. The molecule has 0 aliphatic carbocycles. The third kappa shape index (κ3) is 1.09. The molecule has 0 aromatic carbocycles. The highest BCUT2D eigenvalue weighted by molar-refractivity contribution is 5.95. The van der Waals surface area contributed by atoms with Gasteiger partial charge in [-0.1, -0.05) is 11.2 Å². The van der Waals surface area contributed by atoms with E-state index < -0.39 is 0 Å². The molecule has 0 spiro atoms. The van der Waals surface area contributed by atoms with Crippen molar-refractivity contribution < 1.29 is 4.84 Å². The Morgan fingerprint density at radius 2 is 2.62 bits per heavy atom. The first-order valence-corrected chi connectivity index (χ1v) is 2.75. The van der Waals surface area contributed by atoms with Gasteiger partial charge in [0, 0.05) is 6.42 Å². The molecule has 0 saturated heterocycles. The molecule has 8 heavy (non-hydrogen) atoms. The molecule has 0 unspecified atom stereocenters. The van der Waals surface area contributed by atoms with Crippen molar-refractivity contribution in [2.45, 2.75) is 13.3 Å². The Balaban J connectivity index is 2.45. The van der Waals surface area contributed by atoms with E-state index in [-0.39, 0.29) is 0 Å². The fourth-order valence-corrected chi connectivity index (χ4v) is 0.631. The molecule has 0 saturated carbocycles. The molecule has 0 N–H and O–H groups in total. The average molecular weight is 111 g/mol. The summed E-state index contributed by atoms with van der Waals surface area (Å²) in [5.41, 5.74) is 1.05. The van der Waals surface area contributed by atoms with Crippen molar-refractivity contribution in [2.24, 2.45) is 5.16 Å². The van der Waals surface area contributed by atoms with Gasteiger partial charge < -0.3 is 4.84 Å². The maximum absolute atomic E-state index is 4.75. The second-order valence-electron chi connectivity index (χ2n) is 1.67. The van der Waals surface area contributed by atoms with Crippen LogP contribution in [0.15, 0.2) is 17.3 Å². The highest BCUT2D eigenvalue weighted by Crippen LogP contribution is 1.99. The van der Waals surface area contributed by atoms with Crippen LogP contribution in [-0.4, -0.2) is 12.3 Å². The van der Waals surface area contributed by atoms with E-state index >= 15 is 0 Å². The minimum Gasteiger partial charge on any atom is -0.395 e. The highest BCUT2D eigenvalue weighted by atomic mass is 16.6. The first-order valence-electron chi connectivity index (χ1n) is 2.75. The van der Waals surface area contributed by atoms with Gasteiger partial charge in [-0.15, -0.1) is 0 Å². The lowest BCUT2D eigenvalue weighted by Gasteiger charge is -1.77. The van der Waals surface area contributed by atoms with Crippen LogP contribution in [0.3, 0.4) is 0 Å². The lowest BCUT2D eigenvalue weighted by atomic mass is 10.3. The smallest absolute Gasteiger partial charge is 0.122 e. The molecule has 0 radical (unpaired) electrons. The van der Waals surface area contributed by atoms with Crippen molar-refractivity contribution in [1.29, 1.82) is 0 Å². The quantitative estimate of drug-likeness (QED) is 0.500. The monoisotopic (exact) mass is 111 g/mol. The first-order chi connectivity index (χ1) is 3.93. The Labute approximate surface area is 48.8 Å². The predicted molar refractivity (Wildman–Crippen MR) is 32.8 cm³/mol. The topological polar surface area (TPSA) is 21.6 Å². The van der Waals surface area contributed by atoms with Crippen LogP contribution in [0.2, 0.25) is 0 Å². The van der Waals surface area contributed by atoms with E-state index in [1.54, 1.807) is 0 Å². The minimum atomic E-state index is 0.750. The van der Waals surface area contributed by atoms with Gasteiger partial charge >= 0.3 is 0 Å². The molecular weight excluding hydrogens is 102 g/mol. The summed E-state index contributed by atoms with van der Waals surface area (Å²) in [6.07, 6.45) is 4.89. The van der Waals surface area contributed by atoms with Crippen molar-refractivity contribution in [2.75, 3.05) is 6.61 Å².